The van der Waals surface area contributed by atoms with Gasteiger partial charge < -0.3 is 14.8 Å². The molecule has 7 nitrogen and oxygen atoms in total. The molecule has 1 saturated heterocycles. The standard InChI is InChI=1S/C14H13F3N4O3/c1-23-8-2-3-9-19-20-11(10-6-4-18-5-7(6)10)21(9)12(8)24-13(22)14(15,16)17/h2-3,6-7,10,18H,4-5H2,1H3. The molecule has 0 spiro atoms. The second-order valence-corrected chi connectivity index (χ2v) is 5.86. The van der Waals surface area contributed by atoms with Crippen molar-refractivity contribution in [3.8, 4) is 11.6 Å². The molecule has 1 saturated carbocycles. The highest BCUT2D eigenvalue weighted by Crippen LogP contribution is 2.55. The number of piperidine rings is 1. The van der Waals surface area contributed by atoms with E-state index in [1.807, 2.05) is 0 Å². The van der Waals surface area contributed by atoms with Crippen LogP contribution in [0.15, 0.2) is 12.1 Å². The van der Waals surface area contributed by atoms with E-state index in [0.29, 0.717) is 23.3 Å². The van der Waals surface area contributed by atoms with E-state index in [1.165, 1.54) is 17.6 Å². The van der Waals surface area contributed by atoms with Crippen LogP contribution in [0, 0.1) is 11.8 Å². The summed E-state index contributed by atoms with van der Waals surface area (Å²) in [6.07, 6.45) is -5.11. The molecule has 2 aliphatic rings. The van der Waals surface area contributed by atoms with Gasteiger partial charge in [-0.15, -0.1) is 10.2 Å². The molecule has 1 aliphatic carbocycles. The third-order valence-corrected chi connectivity index (χ3v) is 4.54. The van der Waals surface area contributed by atoms with E-state index in [2.05, 4.69) is 20.3 Å². The van der Waals surface area contributed by atoms with E-state index in [-0.39, 0.29) is 17.5 Å². The molecule has 0 radical (unpaired) electrons. The Bertz CT molecular complexity index is 809. The number of nitrogens with zero attached hydrogens (tertiary/aromatic N) is 3. The molecule has 24 heavy (non-hydrogen) atoms. The summed E-state index contributed by atoms with van der Waals surface area (Å²) in [5.74, 6) is -1.35. The fourth-order valence-electron chi connectivity index (χ4n) is 3.37. The molecule has 3 heterocycles. The van der Waals surface area contributed by atoms with E-state index >= 15 is 0 Å². The van der Waals surface area contributed by atoms with Crippen LogP contribution in [0.1, 0.15) is 11.7 Å². The third kappa shape index (κ3) is 2.20. The van der Waals surface area contributed by atoms with Gasteiger partial charge >= 0.3 is 12.1 Å². The number of fused-ring (bicyclic) bond motifs is 2. The topological polar surface area (TPSA) is 77.8 Å². The lowest BCUT2D eigenvalue weighted by molar-refractivity contribution is -0.190. The largest absolute Gasteiger partial charge is 0.491 e. The molecule has 0 amide bonds. The zero-order valence-corrected chi connectivity index (χ0v) is 12.5. The Hall–Kier alpha value is -2.36. The van der Waals surface area contributed by atoms with Gasteiger partial charge in [0.1, 0.15) is 5.82 Å². The highest BCUT2D eigenvalue weighted by atomic mass is 19.4. The van der Waals surface area contributed by atoms with Gasteiger partial charge in [-0.05, 0) is 37.1 Å². The van der Waals surface area contributed by atoms with Gasteiger partial charge in [0.2, 0.25) is 0 Å². The van der Waals surface area contributed by atoms with Crippen molar-refractivity contribution in [3.63, 3.8) is 0 Å². The van der Waals surface area contributed by atoms with Gasteiger partial charge in [-0.3, -0.25) is 0 Å². The number of methoxy groups -OCH3 is 1. The average molecular weight is 342 g/mol. The van der Waals surface area contributed by atoms with Crippen LogP contribution in [0.4, 0.5) is 13.2 Å². The lowest BCUT2D eigenvalue weighted by atomic mass is 10.2. The Morgan fingerprint density at radius 1 is 1.29 bits per heavy atom. The molecule has 10 heteroatoms. The number of pyridine rings is 1. The first-order chi connectivity index (χ1) is 11.4. The zero-order chi connectivity index (χ0) is 17.1. The highest BCUT2D eigenvalue weighted by Gasteiger charge is 2.56. The maximum atomic E-state index is 12.6. The first-order valence-electron chi connectivity index (χ1n) is 7.33. The summed E-state index contributed by atoms with van der Waals surface area (Å²) in [5, 5.41) is 11.3. The van der Waals surface area contributed by atoms with Gasteiger partial charge in [-0.25, -0.2) is 9.20 Å². The van der Waals surface area contributed by atoms with E-state index in [4.69, 9.17) is 4.74 Å². The van der Waals surface area contributed by atoms with Crippen LogP contribution in [0.2, 0.25) is 0 Å². The normalized spacial score (nSPS) is 25.6. The minimum Gasteiger partial charge on any atom is -0.491 e. The number of rotatable bonds is 3. The van der Waals surface area contributed by atoms with Crippen molar-refractivity contribution >= 4 is 11.6 Å². The molecule has 128 valence electrons. The summed E-state index contributed by atoms with van der Waals surface area (Å²) in [4.78, 5) is 11.3. The number of esters is 1. The summed E-state index contributed by atoms with van der Waals surface area (Å²) in [6, 6.07) is 2.94. The van der Waals surface area contributed by atoms with Crippen molar-refractivity contribution in [1.82, 2.24) is 19.9 Å². The molecule has 4 rings (SSSR count). The van der Waals surface area contributed by atoms with E-state index in [0.717, 1.165) is 13.1 Å². The number of carbonyl (C=O) groups is 1. The smallest absolute Gasteiger partial charge is 0.491 e. The number of alkyl halides is 3. The number of hydrogen-bond donors (Lipinski definition) is 1. The molecule has 2 fully saturated rings. The SMILES string of the molecule is COc1ccc2nnc(C3C4CNCC43)n2c1OC(=O)C(F)(F)F. The number of nitrogens with one attached hydrogen (secondary N) is 1. The van der Waals surface area contributed by atoms with Gasteiger partial charge in [-0.2, -0.15) is 13.2 Å². The summed E-state index contributed by atoms with van der Waals surface area (Å²) in [6.45, 7) is 1.65. The minimum absolute atomic E-state index is 0.00471. The third-order valence-electron chi connectivity index (χ3n) is 4.54. The maximum absolute atomic E-state index is 12.6. The van der Waals surface area contributed by atoms with E-state index in [9.17, 15) is 18.0 Å². The van der Waals surface area contributed by atoms with Crippen LogP contribution in [0.5, 0.6) is 11.6 Å². The zero-order valence-electron chi connectivity index (χ0n) is 12.5. The quantitative estimate of drug-likeness (QED) is 0.843. The first kappa shape index (κ1) is 15.2. The number of halogens is 3. The summed E-state index contributed by atoms with van der Waals surface area (Å²) >= 11 is 0. The van der Waals surface area contributed by atoms with Gasteiger partial charge in [0.25, 0.3) is 5.88 Å². The molecule has 2 unspecified atom stereocenters. The summed E-state index contributed by atoms with van der Waals surface area (Å²) in [5.41, 5.74) is 0.300. The first-order valence-corrected chi connectivity index (χ1v) is 7.33. The van der Waals surface area contributed by atoms with Gasteiger partial charge in [0.15, 0.2) is 11.4 Å². The van der Waals surface area contributed by atoms with Crippen LogP contribution >= 0.6 is 0 Å². The second kappa shape index (κ2) is 5.07. The lowest BCUT2D eigenvalue weighted by Gasteiger charge is -2.13. The molecule has 2 atom stereocenters. The van der Waals surface area contributed by atoms with Gasteiger partial charge in [-0.1, -0.05) is 0 Å². The van der Waals surface area contributed by atoms with Crippen LogP contribution < -0.4 is 14.8 Å². The van der Waals surface area contributed by atoms with Crippen LogP contribution in [-0.2, 0) is 4.79 Å². The van der Waals surface area contributed by atoms with E-state index in [1.54, 1.807) is 6.07 Å². The number of hydrogen-bond acceptors (Lipinski definition) is 6. The molecule has 2 aromatic heterocycles. The van der Waals surface area contributed by atoms with Crippen LogP contribution in [0.3, 0.4) is 0 Å². The summed E-state index contributed by atoms with van der Waals surface area (Å²) < 4.78 is 48.8. The van der Waals surface area contributed by atoms with E-state index < -0.39 is 12.1 Å². The Balaban J connectivity index is 1.80. The van der Waals surface area contributed by atoms with Crippen molar-refractivity contribution in [1.29, 1.82) is 0 Å². The maximum Gasteiger partial charge on any atom is 0.491 e. The second-order valence-electron chi connectivity index (χ2n) is 5.86. The van der Waals surface area contributed by atoms with Crippen molar-refractivity contribution in [2.45, 2.75) is 12.1 Å². The Labute approximate surface area is 133 Å². The van der Waals surface area contributed by atoms with Crippen molar-refractivity contribution in [3.05, 3.63) is 18.0 Å². The predicted molar refractivity (Wildman–Crippen MR) is 73.8 cm³/mol. The van der Waals surface area contributed by atoms with Crippen molar-refractivity contribution in [2.75, 3.05) is 20.2 Å². The molecule has 1 aliphatic heterocycles. The molecule has 2 aromatic rings. The van der Waals surface area contributed by atoms with Gasteiger partial charge in [0, 0.05) is 5.92 Å². The number of ether oxygens (including phenoxy) is 2. The average Bonchev–Trinajstić information content (AvgIpc) is 2.93. The molecule has 0 aromatic carbocycles. The molecule has 1 N–H and O–H groups in total. The van der Waals surface area contributed by atoms with Crippen LogP contribution in [0.25, 0.3) is 5.65 Å². The van der Waals surface area contributed by atoms with Gasteiger partial charge in [0.05, 0.1) is 7.11 Å². The summed E-state index contributed by atoms with van der Waals surface area (Å²) in [7, 11) is 1.28. The molecule has 0 bridgehead atoms. The molecular weight excluding hydrogens is 329 g/mol. The monoisotopic (exact) mass is 342 g/mol. The van der Waals surface area contributed by atoms with Crippen LogP contribution in [-0.4, -0.2) is 46.9 Å². The molecular formula is C14H13F3N4O3. The Morgan fingerprint density at radius 3 is 2.62 bits per heavy atom. The fourth-order valence-corrected chi connectivity index (χ4v) is 3.37. The minimum atomic E-state index is -5.11. The predicted octanol–water partition coefficient (Wildman–Crippen LogP) is 1.14. The fraction of sp³-hybridized carbons (Fsp3) is 0.500. The number of carbonyl (C=O) groups excluding carboxylic acids is 1. The van der Waals surface area contributed by atoms with Crippen molar-refractivity contribution in [2.24, 2.45) is 11.8 Å². The Morgan fingerprint density at radius 2 is 2.00 bits per heavy atom. The number of aromatic nitrogens is 3. The lowest BCUT2D eigenvalue weighted by Crippen LogP contribution is -2.29. The van der Waals surface area contributed by atoms with Crippen molar-refractivity contribution < 1.29 is 27.4 Å². The Kier molecular flexibility index (Phi) is 3.21. The highest BCUT2D eigenvalue weighted by molar-refractivity contribution is 5.78.